The molecule has 0 aliphatic heterocycles. The molecule has 2 rings (SSSR count). The number of aromatic nitrogens is 1. The van der Waals surface area contributed by atoms with Gasteiger partial charge in [-0.15, -0.1) is 0 Å². The lowest BCUT2D eigenvalue weighted by Gasteiger charge is -2.04. The van der Waals surface area contributed by atoms with E-state index in [1.165, 1.54) is 6.07 Å². The van der Waals surface area contributed by atoms with E-state index in [2.05, 4.69) is 10.3 Å². The average molecular weight is 296 g/mol. The minimum Gasteiger partial charge on any atom is -0.444 e. The van der Waals surface area contributed by atoms with E-state index in [4.69, 9.17) is 16.0 Å². The quantitative estimate of drug-likeness (QED) is 0.677. The summed E-state index contributed by atoms with van der Waals surface area (Å²) in [5.74, 6) is 1.34. The summed E-state index contributed by atoms with van der Waals surface area (Å²) >= 11 is 5.76. The molecule has 0 aliphatic carbocycles. The molecule has 0 aliphatic rings. The molecule has 106 valence electrons. The molecule has 7 heteroatoms. The van der Waals surface area contributed by atoms with Gasteiger partial charge in [-0.05, 0) is 26.0 Å². The fourth-order valence-electron chi connectivity index (χ4n) is 1.78. The number of benzene rings is 1. The maximum atomic E-state index is 10.9. The molecule has 2 aromatic rings. The molecule has 1 heterocycles. The molecule has 0 spiro atoms. The van der Waals surface area contributed by atoms with Crippen LogP contribution in [0.1, 0.15) is 22.9 Å². The molecule has 0 unspecified atom stereocenters. The Hall–Kier alpha value is -1.92. The highest BCUT2D eigenvalue weighted by Gasteiger charge is 2.14. The molecule has 0 radical (unpaired) electrons. The molecule has 0 atom stereocenters. The summed E-state index contributed by atoms with van der Waals surface area (Å²) < 4.78 is 5.42. The smallest absolute Gasteiger partial charge is 0.275 e. The van der Waals surface area contributed by atoms with Crippen LogP contribution in [0.25, 0.3) is 0 Å². The predicted molar refractivity (Wildman–Crippen MR) is 74.6 cm³/mol. The van der Waals surface area contributed by atoms with Gasteiger partial charge in [0.25, 0.3) is 5.69 Å². The first kappa shape index (κ1) is 14.5. The van der Waals surface area contributed by atoms with E-state index in [1.807, 2.05) is 13.8 Å². The topological polar surface area (TPSA) is 81.2 Å². The van der Waals surface area contributed by atoms with Crippen molar-refractivity contribution in [1.82, 2.24) is 10.3 Å². The van der Waals surface area contributed by atoms with E-state index < -0.39 is 4.92 Å². The molecule has 0 fully saturated rings. The summed E-state index contributed by atoms with van der Waals surface area (Å²) in [6, 6.07) is 4.61. The van der Waals surface area contributed by atoms with Crippen molar-refractivity contribution >= 4 is 17.3 Å². The van der Waals surface area contributed by atoms with E-state index in [-0.39, 0.29) is 5.69 Å². The maximum Gasteiger partial charge on any atom is 0.275 e. The van der Waals surface area contributed by atoms with E-state index >= 15 is 0 Å². The second kappa shape index (κ2) is 6.02. The lowest BCUT2D eigenvalue weighted by molar-refractivity contribution is -0.385. The highest BCUT2D eigenvalue weighted by atomic mass is 35.5. The zero-order chi connectivity index (χ0) is 14.7. The van der Waals surface area contributed by atoms with Crippen LogP contribution in [0.2, 0.25) is 5.02 Å². The second-order valence-electron chi connectivity index (χ2n) is 4.38. The van der Waals surface area contributed by atoms with Crippen LogP contribution in [-0.4, -0.2) is 9.91 Å². The van der Waals surface area contributed by atoms with Crippen molar-refractivity contribution < 1.29 is 9.34 Å². The first-order valence-electron chi connectivity index (χ1n) is 6.04. The van der Waals surface area contributed by atoms with Crippen LogP contribution < -0.4 is 5.32 Å². The Kier molecular flexibility index (Phi) is 4.36. The van der Waals surface area contributed by atoms with Crippen molar-refractivity contribution in [2.45, 2.75) is 26.9 Å². The van der Waals surface area contributed by atoms with Crippen molar-refractivity contribution in [2.24, 2.45) is 0 Å². The number of nitro benzene ring substituents is 1. The minimum atomic E-state index is -0.442. The molecular formula is C13H14ClN3O3. The number of nitrogens with zero attached hydrogens (tertiary/aromatic N) is 2. The van der Waals surface area contributed by atoms with E-state index in [9.17, 15) is 10.1 Å². The van der Waals surface area contributed by atoms with Gasteiger partial charge in [-0.3, -0.25) is 10.1 Å². The Morgan fingerprint density at radius 3 is 2.75 bits per heavy atom. The third-order valence-corrected chi connectivity index (χ3v) is 3.14. The molecule has 1 N–H and O–H groups in total. The number of nitro groups is 1. The van der Waals surface area contributed by atoms with Gasteiger partial charge in [0.2, 0.25) is 5.89 Å². The van der Waals surface area contributed by atoms with Gasteiger partial charge in [0.1, 0.15) is 5.76 Å². The van der Waals surface area contributed by atoms with Crippen molar-refractivity contribution in [3.8, 4) is 0 Å². The van der Waals surface area contributed by atoms with Crippen LogP contribution in [0.3, 0.4) is 0 Å². The number of hydrogen-bond acceptors (Lipinski definition) is 5. The number of hydrogen-bond donors (Lipinski definition) is 1. The fourth-order valence-corrected chi connectivity index (χ4v) is 1.94. The van der Waals surface area contributed by atoms with Crippen molar-refractivity contribution in [2.75, 3.05) is 0 Å². The van der Waals surface area contributed by atoms with Gasteiger partial charge in [-0.1, -0.05) is 11.6 Å². The zero-order valence-corrected chi connectivity index (χ0v) is 11.9. The van der Waals surface area contributed by atoms with Crippen LogP contribution in [0.5, 0.6) is 0 Å². The minimum absolute atomic E-state index is 0.00441. The Balaban J connectivity index is 2.02. The lowest BCUT2D eigenvalue weighted by Crippen LogP contribution is -2.14. The second-order valence-corrected chi connectivity index (χ2v) is 4.82. The maximum absolute atomic E-state index is 10.9. The standard InChI is InChI=1S/C13H14ClN3O3/c1-8-9(2)20-13(16-8)7-15-6-10-3-4-11(14)5-12(10)17(18)19/h3-5,15H,6-7H2,1-2H3. The SMILES string of the molecule is Cc1nc(CNCc2ccc(Cl)cc2[N+](=O)[O-])oc1C. The largest absolute Gasteiger partial charge is 0.444 e. The molecular weight excluding hydrogens is 282 g/mol. The van der Waals surface area contributed by atoms with Crippen LogP contribution in [0.4, 0.5) is 5.69 Å². The van der Waals surface area contributed by atoms with Crippen LogP contribution in [0, 0.1) is 24.0 Å². The summed E-state index contributed by atoms with van der Waals surface area (Å²) in [7, 11) is 0. The fraction of sp³-hybridized carbons (Fsp3) is 0.308. The lowest BCUT2D eigenvalue weighted by atomic mass is 10.2. The Morgan fingerprint density at radius 1 is 1.40 bits per heavy atom. The number of nitrogens with one attached hydrogen (secondary N) is 1. The number of oxazole rings is 1. The van der Waals surface area contributed by atoms with Crippen molar-refractivity contribution in [3.63, 3.8) is 0 Å². The molecule has 20 heavy (non-hydrogen) atoms. The summed E-state index contributed by atoms with van der Waals surface area (Å²) in [4.78, 5) is 14.7. The summed E-state index contributed by atoms with van der Waals surface area (Å²) in [5, 5.41) is 14.4. The van der Waals surface area contributed by atoms with Gasteiger partial charge in [-0.25, -0.2) is 4.98 Å². The molecule has 1 aromatic carbocycles. The van der Waals surface area contributed by atoms with Gasteiger partial charge in [0, 0.05) is 23.2 Å². The first-order chi connectivity index (χ1) is 9.47. The zero-order valence-electron chi connectivity index (χ0n) is 11.1. The Morgan fingerprint density at radius 2 is 2.15 bits per heavy atom. The van der Waals surface area contributed by atoms with Gasteiger partial charge in [-0.2, -0.15) is 0 Å². The highest BCUT2D eigenvalue weighted by Crippen LogP contribution is 2.23. The van der Waals surface area contributed by atoms with E-state index in [0.29, 0.717) is 29.6 Å². The van der Waals surface area contributed by atoms with E-state index in [0.717, 1.165) is 11.5 Å². The number of rotatable bonds is 5. The van der Waals surface area contributed by atoms with Gasteiger partial charge in [0.15, 0.2) is 0 Å². The molecule has 1 aromatic heterocycles. The van der Waals surface area contributed by atoms with Crippen LogP contribution in [-0.2, 0) is 13.1 Å². The Bertz CT molecular complexity index is 620. The summed E-state index contributed by atoms with van der Waals surface area (Å²) in [6.07, 6.45) is 0. The third-order valence-electron chi connectivity index (χ3n) is 2.91. The third kappa shape index (κ3) is 3.34. The van der Waals surface area contributed by atoms with Gasteiger partial charge >= 0.3 is 0 Å². The highest BCUT2D eigenvalue weighted by molar-refractivity contribution is 6.30. The molecule has 0 saturated carbocycles. The van der Waals surface area contributed by atoms with Crippen LogP contribution >= 0.6 is 11.6 Å². The molecule has 6 nitrogen and oxygen atoms in total. The predicted octanol–water partition coefficient (Wildman–Crippen LogP) is 3.14. The number of halogens is 1. The summed E-state index contributed by atoms with van der Waals surface area (Å²) in [5.41, 5.74) is 1.42. The van der Waals surface area contributed by atoms with Crippen LogP contribution in [0.15, 0.2) is 22.6 Å². The first-order valence-corrected chi connectivity index (χ1v) is 6.41. The van der Waals surface area contributed by atoms with Gasteiger partial charge < -0.3 is 9.73 Å². The van der Waals surface area contributed by atoms with Crippen molar-refractivity contribution in [3.05, 3.63) is 56.2 Å². The molecule has 0 saturated heterocycles. The molecule has 0 bridgehead atoms. The summed E-state index contributed by atoms with van der Waals surface area (Å²) in [6.45, 7) is 4.46. The monoisotopic (exact) mass is 295 g/mol. The Labute approximate surface area is 120 Å². The average Bonchev–Trinajstić information content (AvgIpc) is 2.70. The van der Waals surface area contributed by atoms with Gasteiger partial charge in [0.05, 0.1) is 17.2 Å². The normalized spacial score (nSPS) is 10.8. The van der Waals surface area contributed by atoms with Crippen molar-refractivity contribution in [1.29, 1.82) is 0 Å². The van der Waals surface area contributed by atoms with E-state index in [1.54, 1.807) is 12.1 Å². The molecule has 0 amide bonds. The number of aryl methyl sites for hydroxylation is 2.